The van der Waals surface area contributed by atoms with E-state index in [2.05, 4.69) is 10.5 Å². The van der Waals surface area contributed by atoms with Crippen molar-refractivity contribution in [2.75, 3.05) is 5.32 Å². The van der Waals surface area contributed by atoms with E-state index in [0.29, 0.717) is 6.42 Å². The fourth-order valence-corrected chi connectivity index (χ4v) is 1.71. The predicted molar refractivity (Wildman–Crippen MR) is 67.6 cm³/mol. The SMILES string of the molecule is CCC(Nc1ccc(Cl)c(C(F)(F)F)c1)C(N)=NO. The number of halogens is 4. The van der Waals surface area contributed by atoms with E-state index in [1.807, 2.05) is 0 Å². The van der Waals surface area contributed by atoms with Gasteiger partial charge in [0.1, 0.15) is 0 Å². The Morgan fingerprint density at radius 2 is 2.16 bits per heavy atom. The third kappa shape index (κ3) is 3.92. The minimum atomic E-state index is -4.53. The molecule has 1 unspecified atom stereocenters. The maximum Gasteiger partial charge on any atom is 0.417 e. The summed E-state index contributed by atoms with van der Waals surface area (Å²) in [6.07, 6.45) is -4.09. The summed E-state index contributed by atoms with van der Waals surface area (Å²) >= 11 is 5.50. The zero-order chi connectivity index (χ0) is 14.6. The van der Waals surface area contributed by atoms with Gasteiger partial charge in [-0.1, -0.05) is 23.7 Å². The Balaban J connectivity index is 3.03. The Labute approximate surface area is 113 Å². The van der Waals surface area contributed by atoms with Crippen molar-refractivity contribution in [1.82, 2.24) is 0 Å². The smallest absolute Gasteiger partial charge is 0.409 e. The summed E-state index contributed by atoms with van der Waals surface area (Å²) in [6, 6.07) is 2.86. The number of hydrogen-bond donors (Lipinski definition) is 3. The molecule has 0 heterocycles. The first-order chi connectivity index (χ1) is 8.79. The van der Waals surface area contributed by atoms with Crippen LogP contribution >= 0.6 is 11.6 Å². The van der Waals surface area contributed by atoms with Gasteiger partial charge in [0, 0.05) is 5.69 Å². The zero-order valence-corrected chi connectivity index (χ0v) is 10.8. The summed E-state index contributed by atoms with van der Waals surface area (Å²) < 4.78 is 38.0. The molecule has 1 rings (SSSR count). The molecule has 4 nitrogen and oxygen atoms in total. The molecule has 0 aliphatic rings. The highest BCUT2D eigenvalue weighted by atomic mass is 35.5. The summed E-state index contributed by atoms with van der Waals surface area (Å²) in [6.45, 7) is 1.75. The number of nitrogens with two attached hydrogens (primary N) is 1. The van der Waals surface area contributed by atoms with E-state index in [1.165, 1.54) is 6.07 Å². The molecule has 0 saturated carbocycles. The lowest BCUT2D eigenvalue weighted by Gasteiger charge is -2.18. The molecule has 1 aromatic carbocycles. The quantitative estimate of drug-likeness (QED) is 0.345. The lowest BCUT2D eigenvalue weighted by molar-refractivity contribution is -0.137. The molecule has 0 aromatic heterocycles. The molecule has 0 saturated heterocycles. The molecule has 8 heteroatoms. The molecule has 0 amide bonds. The van der Waals surface area contributed by atoms with E-state index in [0.717, 1.165) is 12.1 Å². The summed E-state index contributed by atoms with van der Waals surface area (Å²) in [5, 5.41) is 13.8. The number of benzene rings is 1. The van der Waals surface area contributed by atoms with Gasteiger partial charge in [-0.3, -0.25) is 0 Å². The predicted octanol–water partition coefficient (Wildman–Crippen LogP) is 3.30. The van der Waals surface area contributed by atoms with Crippen molar-refractivity contribution in [3.8, 4) is 0 Å². The van der Waals surface area contributed by atoms with Crippen LogP contribution in [0.1, 0.15) is 18.9 Å². The highest BCUT2D eigenvalue weighted by Crippen LogP contribution is 2.36. The zero-order valence-electron chi connectivity index (χ0n) is 10.0. The monoisotopic (exact) mass is 295 g/mol. The van der Waals surface area contributed by atoms with Crippen molar-refractivity contribution >= 4 is 23.1 Å². The van der Waals surface area contributed by atoms with Gasteiger partial charge in [-0.2, -0.15) is 13.2 Å². The first kappa shape index (κ1) is 15.4. The number of nitrogens with one attached hydrogen (secondary N) is 1. The Hall–Kier alpha value is -1.63. The van der Waals surface area contributed by atoms with Gasteiger partial charge in [-0.25, -0.2) is 0 Å². The van der Waals surface area contributed by atoms with E-state index in [-0.39, 0.29) is 16.5 Å². The summed E-state index contributed by atoms with van der Waals surface area (Å²) in [5.74, 6) is -0.106. The second-order valence-corrected chi connectivity index (χ2v) is 4.23. The van der Waals surface area contributed by atoms with E-state index in [9.17, 15) is 13.2 Å². The number of amidine groups is 1. The highest BCUT2D eigenvalue weighted by Gasteiger charge is 2.33. The average Bonchev–Trinajstić information content (AvgIpc) is 2.35. The number of alkyl halides is 3. The molecule has 0 fully saturated rings. The van der Waals surface area contributed by atoms with E-state index in [1.54, 1.807) is 6.92 Å². The molecule has 0 radical (unpaired) electrons. The first-order valence-electron chi connectivity index (χ1n) is 5.40. The second-order valence-electron chi connectivity index (χ2n) is 3.82. The molecule has 0 bridgehead atoms. The van der Waals surface area contributed by atoms with Gasteiger partial charge in [0.2, 0.25) is 0 Å². The molecule has 1 aromatic rings. The van der Waals surface area contributed by atoms with Crippen LogP contribution in [0.5, 0.6) is 0 Å². The van der Waals surface area contributed by atoms with Gasteiger partial charge in [-0.15, -0.1) is 0 Å². The number of rotatable bonds is 4. The van der Waals surface area contributed by atoms with Gasteiger partial charge < -0.3 is 16.3 Å². The van der Waals surface area contributed by atoms with Crippen LogP contribution in [0.4, 0.5) is 18.9 Å². The van der Waals surface area contributed by atoms with Gasteiger partial charge in [0.15, 0.2) is 5.84 Å². The van der Waals surface area contributed by atoms with Crippen molar-refractivity contribution in [2.45, 2.75) is 25.6 Å². The molecule has 0 spiro atoms. The Kier molecular flexibility index (Phi) is 4.88. The molecule has 19 heavy (non-hydrogen) atoms. The van der Waals surface area contributed by atoms with Crippen LogP contribution in [0, 0.1) is 0 Å². The lowest BCUT2D eigenvalue weighted by Crippen LogP contribution is -2.35. The van der Waals surface area contributed by atoms with Gasteiger partial charge in [-0.05, 0) is 24.6 Å². The molecule has 4 N–H and O–H groups in total. The van der Waals surface area contributed by atoms with Crippen LogP contribution in [0.15, 0.2) is 23.4 Å². The standard InChI is InChI=1S/C11H13ClF3N3O/c1-2-9(10(16)18-19)17-6-3-4-8(12)7(5-6)11(13,14)15/h3-5,9,17,19H,2H2,1H3,(H2,16,18). The summed E-state index contributed by atoms with van der Waals surface area (Å²) in [7, 11) is 0. The Morgan fingerprint density at radius 3 is 2.63 bits per heavy atom. The Morgan fingerprint density at radius 1 is 1.53 bits per heavy atom. The van der Waals surface area contributed by atoms with Crippen LogP contribution in [0.3, 0.4) is 0 Å². The fourth-order valence-electron chi connectivity index (χ4n) is 1.49. The molecule has 1 atom stereocenters. The molecule has 0 aliphatic carbocycles. The van der Waals surface area contributed by atoms with E-state index < -0.39 is 17.8 Å². The largest absolute Gasteiger partial charge is 0.417 e. The van der Waals surface area contributed by atoms with Crippen LogP contribution in [0.25, 0.3) is 0 Å². The van der Waals surface area contributed by atoms with Crippen LogP contribution in [0.2, 0.25) is 5.02 Å². The van der Waals surface area contributed by atoms with Crippen LogP contribution < -0.4 is 11.1 Å². The topological polar surface area (TPSA) is 70.6 Å². The average molecular weight is 296 g/mol. The van der Waals surface area contributed by atoms with Crippen LogP contribution in [-0.4, -0.2) is 17.1 Å². The molecule has 0 aliphatic heterocycles. The molecular formula is C11H13ClF3N3O. The maximum absolute atomic E-state index is 12.7. The minimum absolute atomic E-state index is 0.106. The van der Waals surface area contributed by atoms with Gasteiger partial charge in [0.05, 0.1) is 16.6 Å². The van der Waals surface area contributed by atoms with Crippen molar-refractivity contribution in [2.24, 2.45) is 10.9 Å². The van der Waals surface area contributed by atoms with E-state index >= 15 is 0 Å². The van der Waals surface area contributed by atoms with Gasteiger partial charge in [0.25, 0.3) is 0 Å². The maximum atomic E-state index is 12.7. The normalized spacial score (nSPS) is 14.3. The summed E-state index contributed by atoms with van der Waals surface area (Å²) in [4.78, 5) is 0. The van der Waals surface area contributed by atoms with Crippen LogP contribution in [-0.2, 0) is 6.18 Å². The van der Waals surface area contributed by atoms with Crippen molar-refractivity contribution in [3.05, 3.63) is 28.8 Å². The molecule has 106 valence electrons. The number of hydrogen-bond acceptors (Lipinski definition) is 3. The van der Waals surface area contributed by atoms with Gasteiger partial charge >= 0.3 is 6.18 Å². The Bertz CT molecular complexity index is 477. The lowest BCUT2D eigenvalue weighted by atomic mass is 10.1. The second kappa shape index (κ2) is 6.01. The fraction of sp³-hybridized carbons (Fsp3) is 0.364. The third-order valence-corrected chi connectivity index (χ3v) is 2.82. The van der Waals surface area contributed by atoms with Crippen molar-refractivity contribution < 1.29 is 18.4 Å². The number of nitrogens with zero attached hydrogens (tertiary/aromatic N) is 1. The summed E-state index contributed by atoms with van der Waals surface area (Å²) in [5.41, 5.74) is 4.67. The minimum Gasteiger partial charge on any atom is -0.409 e. The molecular weight excluding hydrogens is 283 g/mol. The number of anilines is 1. The van der Waals surface area contributed by atoms with E-state index in [4.69, 9.17) is 22.5 Å². The van der Waals surface area contributed by atoms with Crippen molar-refractivity contribution in [3.63, 3.8) is 0 Å². The number of oxime groups is 1. The third-order valence-electron chi connectivity index (χ3n) is 2.49. The highest BCUT2D eigenvalue weighted by molar-refractivity contribution is 6.31. The first-order valence-corrected chi connectivity index (χ1v) is 5.78. The van der Waals surface area contributed by atoms with Crippen molar-refractivity contribution in [1.29, 1.82) is 0 Å².